The van der Waals surface area contributed by atoms with Crippen LogP contribution in [0.2, 0.25) is 5.15 Å². The van der Waals surface area contributed by atoms with Gasteiger partial charge in [0.15, 0.2) is 0 Å². The van der Waals surface area contributed by atoms with E-state index in [1.165, 1.54) is 6.26 Å². The highest BCUT2D eigenvalue weighted by Gasteiger charge is 2.29. The molecule has 1 saturated carbocycles. The van der Waals surface area contributed by atoms with Gasteiger partial charge in [-0.25, -0.2) is 13.4 Å². The van der Waals surface area contributed by atoms with Crippen LogP contribution in [-0.4, -0.2) is 30.9 Å². The van der Waals surface area contributed by atoms with Crippen molar-refractivity contribution in [3.63, 3.8) is 0 Å². The van der Waals surface area contributed by atoms with Gasteiger partial charge in [0.1, 0.15) is 20.8 Å². The third kappa shape index (κ3) is 3.36. The summed E-state index contributed by atoms with van der Waals surface area (Å²) in [5, 5.41) is 5.52. The van der Waals surface area contributed by atoms with Gasteiger partial charge in [0.05, 0.1) is 5.25 Å². The molecular weight excluding hydrogens is 320 g/mol. The zero-order valence-corrected chi connectivity index (χ0v) is 14.0. The Bertz CT molecular complexity index is 792. The lowest BCUT2D eigenvalue weighted by molar-refractivity contribution is 0.452. The second-order valence-corrected chi connectivity index (χ2v) is 8.66. The Morgan fingerprint density at radius 3 is 2.82 bits per heavy atom. The van der Waals surface area contributed by atoms with Crippen molar-refractivity contribution < 1.29 is 8.42 Å². The van der Waals surface area contributed by atoms with E-state index in [1.807, 2.05) is 30.3 Å². The smallest absolute Gasteiger partial charge is 0.150 e. The molecule has 0 spiro atoms. The molecule has 2 atom stereocenters. The number of halogens is 1. The fourth-order valence-electron chi connectivity index (χ4n) is 3.10. The number of rotatable bonds is 3. The molecule has 6 heteroatoms. The quantitative estimate of drug-likeness (QED) is 0.868. The van der Waals surface area contributed by atoms with Gasteiger partial charge in [0, 0.05) is 17.7 Å². The highest BCUT2D eigenvalue weighted by atomic mass is 35.5. The summed E-state index contributed by atoms with van der Waals surface area (Å²) in [4.78, 5) is 4.39. The van der Waals surface area contributed by atoms with Crippen molar-refractivity contribution in [1.29, 1.82) is 0 Å². The summed E-state index contributed by atoms with van der Waals surface area (Å²) in [7, 11) is -2.98. The molecule has 2 aromatic rings. The average Bonchev–Trinajstić information content (AvgIpc) is 2.47. The molecule has 0 aliphatic heterocycles. The maximum absolute atomic E-state index is 11.7. The van der Waals surface area contributed by atoms with Crippen molar-refractivity contribution in [1.82, 2.24) is 4.98 Å². The van der Waals surface area contributed by atoms with Gasteiger partial charge in [0.2, 0.25) is 0 Å². The molecule has 118 valence electrons. The van der Waals surface area contributed by atoms with E-state index < -0.39 is 9.84 Å². The molecule has 3 rings (SSSR count). The number of nitrogens with one attached hydrogen (secondary N) is 1. The van der Waals surface area contributed by atoms with Crippen LogP contribution in [0.1, 0.15) is 25.7 Å². The summed E-state index contributed by atoms with van der Waals surface area (Å²) in [6.45, 7) is 0. The van der Waals surface area contributed by atoms with Crippen LogP contribution >= 0.6 is 11.6 Å². The lowest BCUT2D eigenvalue weighted by Crippen LogP contribution is -2.34. The molecular formula is C16H19ClN2O2S. The zero-order chi connectivity index (χ0) is 15.7. The number of hydrogen-bond donors (Lipinski definition) is 1. The van der Waals surface area contributed by atoms with Gasteiger partial charge in [-0.1, -0.05) is 42.3 Å². The second kappa shape index (κ2) is 6.05. The number of hydrogen-bond acceptors (Lipinski definition) is 4. The van der Waals surface area contributed by atoms with E-state index in [-0.39, 0.29) is 11.3 Å². The Morgan fingerprint density at radius 1 is 1.27 bits per heavy atom. The Labute approximate surface area is 135 Å². The fraction of sp³-hybridized carbons (Fsp3) is 0.438. The molecule has 0 radical (unpaired) electrons. The van der Waals surface area contributed by atoms with E-state index in [4.69, 9.17) is 11.6 Å². The highest BCUT2D eigenvalue weighted by molar-refractivity contribution is 7.91. The monoisotopic (exact) mass is 338 g/mol. The maximum Gasteiger partial charge on any atom is 0.150 e. The number of anilines is 1. The van der Waals surface area contributed by atoms with Crippen molar-refractivity contribution in [3.8, 4) is 0 Å². The topological polar surface area (TPSA) is 59.1 Å². The molecule has 0 amide bonds. The van der Waals surface area contributed by atoms with E-state index in [0.717, 1.165) is 30.0 Å². The van der Waals surface area contributed by atoms with Gasteiger partial charge >= 0.3 is 0 Å². The fourth-order valence-corrected chi connectivity index (χ4v) is 4.54. The first-order valence-corrected chi connectivity index (χ1v) is 9.77. The Hall–Kier alpha value is -1.33. The summed E-state index contributed by atoms with van der Waals surface area (Å²) in [5.74, 6) is 0.711. The van der Waals surface area contributed by atoms with Gasteiger partial charge in [-0.15, -0.1) is 0 Å². The van der Waals surface area contributed by atoms with Gasteiger partial charge in [0.25, 0.3) is 0 Å². The van der Waals surface area contributed by atoms with Gasteiger partial charge in [-0.2, -0.15) is 0 Å². The van der Waals surface area contributed by atoms with Crippen LogP contribution in [0.5, 0.6) is 0 Å². The maximum atomic E-state index is 11.7. The number of nitrogens with zero attached hydrogens (tertiary/aromatic N) is 1. The Balaban J connectivity index is 1.81. The molecule has 1 aliphatic rings. The lowest BCUT2D eigenvalue weighted by atomic mass is 9.95. The van der Waals surface area contributed by atoms with Gasteiger partial charge < -0.3 is 5.32 Å². The van der Waals surface area contributed by atoms with E-state index in [2.05, 4.69) is 10.3 Å². The number of fused-ring (bicyclic) bond motifs is 1. The minimum absolute atomic E-state index is 0.123. The molecule has 22 heavy (non-hydrogen) atoms. The highest BCUT2D eigenvalue weighted by Crippen LogP contribution is 2.28. The van der Waals surface area contributed by atoms with E-state index in [9.17, 15) is 8.42 Å². The minimum Gasteiger partial charge on any atom is -0.367 e. The van der Waals surface area contributed by atoms with Crippen LogP contribution in [0, 0.1) is 0 Å². The summed E-state index contributed by atoms with van der Waals surface area (Å²) < 4.78 is 23.5. The summed E-state index contributed by atoms with van der Waals surface area (Å²) >= 11 is 6.23. The van der Waals surface area contributed by atoms with Gasteiger partial charge in [-0.3, -0.25) is 0 Å². The third-order valence-electron chi connectivity index (χ3n) is 4.28. The Kier molecular flexibility index (Phi) is 4.28. The van der Waals surface area contributed by atoms with Crippen LogP contribution in [0.15, 0.2) is 30.3 Å². The van der Waals surface area contributed by atoms with Crippen molar-refractivity contribution in [3.05, 3.63) is 35.5 Å². The number of benzene rings is 1. The molecule has 1 fully saturated rings. The molecule has 1 aromatic heterocycles. The predicted molar refractivity (Wildman–Crippen MR) is 91.3 cm³/mol. The molecule has 2 unspecified atom stereocenters. The largest absolute Gasteiger partial charge is 0.367 e. The molecule has 1 aliphatic carbocycles. The van der Waals surface area contributed by atoms with E-state index in [1.54, 1.807) is 0 Å². The van der Waals surface area contributed by atoms with Crippen molar-refractivity contribution >= 4 is 38.0 Å². The SMILES string of the molecule is CS(=O)(=O)C1CCCC(Nc2cc3ccccc3c(Cl)n2)C1. The first kappa shape index (κ1) is 15.6. The van der Waals surface area contributed by atoms with Crippen LogP contribution < -0.4 is 5.32 Å². The van der Waals surface area contributed by atoms with E-state index >= 15 is 0 Å². The van der Waals surface area contributed by atoms with Crippen molar-refractivity contribution in [2.75, 3.05) is 11.6 Å². The average molecular weight is 339 g/mol. The summed E-state index contributed by atoms with van der Waals surface area (Å²) in [6, 6.07) is 9.91. The molecule has 1 N–H and O–H groups in total. The van der Waals surface area contributed by atoms with E-state index in [0.29, 0.717) is 17.4 Å². The summed E-state index contributed by atoms with van der Waals surface area (Å²) in [6.07, 6.45) is 4.58. The van der Waals surface area contributed by atoms with Crippen molar-refractivity contribution in [2.24, 2.45) is 0 Å². The number of sulfone groups is 1. The molecule has 1 aromatic carbocycles. The van der Waals surface area contributed by atoms with Crippen LogP contribution in [-0.2, 0) is 9.84 Å². The van der Waals surface area contributed by atoms with Crippen LogP contribution in [0.25, 0.3) is 10.8 Å². The zero-order valence-electron chi connectivity index (χ0n) is 12.4. The standard InChI is InChI=1S/C16H19ClN2O2S/c1-22(20,21)13-7-4-6-12(10-13)18-15-9-11-5-2-3-8-14(11)16(17)19-15/h2-3,5,8-9,12-13H,4,6-7,10H2,1H3,(H,18,19). The first-order valence-electron chi connectivity index (χ1n) is 7.44. The van der Waals surface area contributed by atoms with Gasteiger partial charge in [-0.05, 0) is 30.7 Å². The molecule has 4 nitrogen and oxygen atoms in total. The van der Waals surface area contributed by atoms with Crippen molar-refractivity contribution in [2.45, 2.75) is 37.0 Å². The normalized spacial score (nSPS) is 22.6. The second-order valence-electron chi connectivity index (χ2n) is 5.98. The minimum atomic E-state index is -2.98. The third-order valence-corrected chi connectivity index (χ3v) is 6.20. The number of pyridine rings is 1. The number of aromatic nitrogens is 1. The molecule has 1 heterocycles. The lowest BCUT2D eigenvalue weighted by Gasteiger charge is -2.29. The predicted octanol–water partition coefficient (Wildman–Crippen LogP) is 3.66. The van der Waals surface area contributed by atoms with Crippen LogP contribution in [0.3, 0.4) is 0 Å². The molecule has 0 saturated heterocycles. The summed E-state index contributed by atoms with van der Waals surface area (Å²) in [5.41, 5.74) is 0. The molecule has 0 bridgehead atoms. The Morgan fingerprint density at radius 2 is 2.05 bits per heavy atom. The van der Waals surface area contributed by atoms with Crippen LogP contribution in [0.4, 0.5) is 5.82 Å². The first-order chi connectivity index (χ1) is 10.4.